The number of anilines is 2. The molecule has 1 aliphatic heterocycles. The summed E-state index contributed by atoms with van der Waals surface area (Å²) in [6.45, 7) is 3.98. The molecule has 2 aromatic heterocycles. The molecule has 15 heteroatoms. The fraction of sp³-hybridized carbons (Fsp3) is 0.269. The number of amides is 1. The van der Waals surface area contributed by atoms with E-state index in [1.165, 1.54) is 24.5 Å². The van der Waals surface area contributed by atoms with E-state index in [-0.39, 0.29) is 44.7 Å². The smallest absolute Gasteiger partial charge is 0.271 e. The van der Waals surface area contributed by atoms with Gasteiger partial charge >= 0.3 is 0 Å². The van der Waals surface area contributed by atoms with Crippen LogP contribution in [0.4, 0.5) is 16.5 Å². The molecule has 0 spiro atoms. The molecule has 41 heavy (non-hydrogen) atoms. The number of hydrogen-bond acceptors (Lipinski definition) is 12. The highest BCUT2D eigenvalue weighted by Crippen LogP contribution is 2.50. The van der Waals surface area contributed by atoms with Crippen molar-refractivity contribution in [2.75, 3.05) is 16.0 Å². The number of halogens is 1. The first-order valence-electron chi connectivity index (χ1n) is 12.2. The zero-order valence-corrected chi connectivity index (χ0v) is 24.1. The lowest BCUT2D eigenvalue weighted by Crippen LogP contribution is -2.42. The van der Waals surface area contributed by atoms with Crippen molar-refractivity contribution in [1.29, 1.82) is 5.26 Å². The van der Waals surface area contributed by atoms with Crippen molar-refractivity contribution in [2.24, 2.45) is 11.1 Å². The van der Waals surface area contributed by atoms with Crippen molar-refractivity contribution in [3.05, 3.63) is 80.2 Å². The van der Waals surface area contributed by atoms with E-state index in [0.717, 1.165) is 23.1 Å². The number of nitriles is 1. The molecule has 3 aromatic rings. The lowest BCUT2D eigenvalue weighted by Gasteiger charge is -2.42. The van der Waals surface area contributed by atoms with Crippen LogP contribution in [0.1, 0.15) is 38.4 Å². The number of nitrogens with zero attached hydrogens (tertiary/aromatic N) is 5. The van der Waals surface area contributed by atoms with E-state index in [2.05, 4.69) is 21.6 Å². The van der Waals surface area contributed by atoms with Crippen LogP contribution in [0.2, 0.25) is 5.02 Å². The summed E-state index contributed by atoms with van der Waals surface area (Å²) in [4.78, 5) is 38.1. The fourth-order valence-corrected chi connectivity index (χ4v) is 6.70. The molecule has 0 saturated heterocycles. The maximum atomic E-state index is 13.5. The number of ketones is 1. The third-order valence-electron chi connectivity index (χ3n) is 6.56. The number of nitrogens with two attached hydrogens (primary N) is 1. The minimum Gasteiger partial charge on any atom is -0.468 e. The van der Waals surface area contributed by atoms with Gasteiger partial charge in [0.1, 0.15) is 11.6 Å². The SMILES string of the molecule is CC1(C)CC(=O)C2=C(C1)N(c1nnc(SCC(=O)Nc3cc([N+](=O)[O-])ccc3Cl)s1)C(N)=C(C#N)C2c1ccco1. The molecule has 3 heterocycles. The number of benzene rings is 1. The first kappa shape index (κ1) is 28.3. The van der Waals surface area contributed by atoms with Crippen LogP contribution >= 0.6 is 34.7 Å². The minimum atomic E-state index is -0.726. The van der Waals surface area contributed by atoms with Gasteiger partial charge in [-0.05, 0) is 30.0 Å². The topological polar surface area (TPSA) is 181 Å². The fourth-order valence-electron chi connectivity index (χ4n) is 4.85. The molecule has 2 aliphatic rings. The normalized spacial score (nSPS) is 18.2. The van der Waals surface area contributed by atoms with Gasteiger partial charge in [-0.2, -0.15) is 5.26 Å². The highest BCUT2D eigenvalue weighted by Gasteiger charge is 2.46. The summed E-state index contributed by atoms with van der Waals surface area (Å²) in [5.74, 6) is -0.779. The number of nitrogens with one attached hydrogen (secondary N) is 1. The van der Waals surface area contributed by atoms with Gasteiger partial charge in [-0.3, -0.25) is 24.6 Å². The van der Waals surface area contributed by atoms with Crippen LogP contribution in [0.5, 0.6) is 0 Å². The van der Waals surface area contributed by atoms with Crippen molar-refractivity contribution >= 4 is 62.9 Å². The van der Waals surface area contributed by atoms with E-state index < -0.39 is 16.7 Å². The molecule has 5 rings (SSSR count). The zero-order valence-electron chi connectivity index (χ0n) is 21.7. The Morgan fingerprint density at radius 2 is 2.17 bits per heavy atom. The van der Waals surface area contributed by atoms with Crippen molar-refractivity contribution in [3.8, 4) is 6.07 Å². The number of nitro groups is 1. The number of carbonyl (C=O) groups is 2. The van der Waals surface area contributed by atoms with Gasteiger partial charge in [0, 0.05) is 29.8 Å². The van der Waals surface area contributed by atoms with Crippen LogP contribution in [0.15, 0.2) is 68.0 Å². The number of rotatable bonds is 7. The highest BCUT2D eigenvalue weighted by atomic mass is 35.5. The van der Waals surface area contributed by atoms with Gasteiger partial charge in [-0.1, -0.05) is 48.5 Å². The number of allylic oxidation sites excluding steroid dienone is 3. The number of nitro benzene ring substituents is 1. The second kappa shape index (κ2) is 11.0. The summed E-state index contributed by atoms with van der Waals surface area (Å²) in [5.41, 5.74) is 7.38. The Hall–Kier alpha value is -4.19. The van der Waals surface area contributed by atoms with Crippen LogP contribution in [0.25, 0.3) is 0 Å². The molecule has 12 nitrogen and oxygen atoms in total. The Balaban J connectivity index is 1.41. The number of aromatic nitrogens is 2. The number of thioether (sulfide) groups is 1. The van der Waals surface area contributed by atoms with Crippen LogP contribution < -0.4 is 16.0 Å². The maximum Gasteiger partial charge on any atom is 0.271 e. The van der Waals surface area contributed by atoms with Crippen molar-refractivity contribution in [2.45, 2.75) is 36.9 Å². The van der Waals surface area contributed by atoms with Gasteiger partial charge in [0.15, 0.2) is 10.1 Å². The first-order chi connectivity index (χ1) is 19.5. The number of furan rings is 1. The van der Waals surface area contributed by atoms with Crippen LogP contribution in [-0.2, 0) is 9.59 Å². The molecular weight excluding hydrogens is 590 g/mol. The van der Waals surface area contributed by atoms with Crippen molar-refractivity contribution in [3.63, 3.8) is 0 Å². The molecule has 1 aliphatic carbocycles. The summed E-state index contributed by atoms with van der Waals surface area (Å²) in [6, 6.07) is 9.34. The number of carbonyl (C=O) groups excluding carboxylic acids is 2. The van der Waals surface area contributed by atoms with Gasteiger partial charge in [0.2, 0.25) is 11.0 Å². The monoisotopic (exact) mass is 611 g/mol. The number of Topliss-reactive ketones (excluding diaryl/α,β-unsaturated/α-hetero) is 1. The molecule has 0 fully saturated rings. The van der Waals surface area contributed by atoms with Gasteiger partial charge in [-0.25, -0.2) is 0 Å². The molecule has 210 valence electrons. The zero-order chi connectivity index (χ0) is 29.5. The van der Waals surface area contributed by atoms with Gasteiger partial charge < -0.3 is 15.5 Å². The molecule has 0 bridgehead atoms. The third-order valence-corrected chi connectivity index (χ3v) is 8.93. The van der Waals surface area contributed by atoms with Crippen LogP contribution in [0, 0.1) is 26.9 Å². The average molecular weight is 612 g/mol. The minimum absolute atomic E-state index is 0.0809. The van der Waals surface area contributed by atoms with E-state index in [9.17, 15) is 25.0 Å². The molecular formula is C26H22ClN7O5S2. The molecule has 1 unspecified atom stereocenters. The molecule has 0 radical (unpaired) electrons. The number of hydrogen-bond donors (Lipinski definition) is 2. The summed E-state index contributed by atoms with van der Waals surface area (Å²) in [5, 5.41) is 32.7. The standard InChI is InChI=1S/C26H22ClN7O5S2/c1-26(2)9-17-22(18(35)10-26)21(19-4-3-7-39-19)14(11-28)23(29)33(17)24-31-32-25(41-24)40-12-20(36)30-16-8-13(34(37)38)5-6-15(16)27/h3-8,21H,9-10,12,29H2,1-2H3,(H,30,36). The number of non-ortho nitro benzene ring substituents is 1. The van der Waals surface area contributed by atoms with Gasteiger partial charge in [0.05, 0.1) is 45.2 Å². The second-order valence-corrected chi connectivity index (χ2v) is 12.7. The lowest BCUT2D eigenvalue weighted by atomic mass is 9.69. The summed E-state index contributed by atoms with van der Waals surface area (Å²) < 4.78 is 6.05. The molecule has 1 aromatic carbocycles. The third kappa shape index (κ3) is 5.56. The summed E-state index contributed by atoms with van der Waals surface area (Å²) in [6.07, 6.45) is 2.29. The van der Waals surface area contributed by atoms with Crippen molar-refractivity contribution < 1.29 is 18.9 Å². The molecule has 1 amide bonds. The Kier molecular flexibility index (Phi) is 7.60. The maximum absolute atomic E-state index is 13.5. The summed E-state index contributed by atoms with van der Waals surface area (Å²) >= 11 is 8.32. The van der Waals surface area contributed by atoms with Gasteiger partial charge in [0.25, 0.3) is 5.69 Å². The Morgan fingerprint density at radius 3 is 2.85 bits per heavy atom. The van der Waals surface area contributed by atoms with E-state index >= 15 is 0 Å². The molecule has 0 saturated carbocycles. The Bertz CT molecular complexity index is 1670. The second-order valence-electron chi connectivity index (χ2n) is 10.1. The average Bonchev–Trinajstić information content (AvgIpc) is 3.60. The quantitative estimate of drug-likeness (QED) is 0.199. The largest absolute Gasteiger partial charge is 0.468 e. The van der Waals surface area contributed by atoms with Gasteiger partial charge in [-0.15, -0.1) is 10.2 Å². The molecule has 3 N–H and O–H groups in total. The summed E-state index contributed by atoms with van der Waals surface area (Å²) in [7, 11) is 0. The van der Waals surface area contributed by atoms with E-state index in [4.69, 9.17) is 21.8 Å². The predicted molar refractivity (Wildman–Crippen MR) is 153 cm³/mol. The molecule has 1 atom stereocenters. The Morgan fingerprint density at radius 1 is 1.39 bits per heavy atom. The first-order valence-corrected chi connectivity index (χ1v) is 14.4. The highest BCUT2D eigenvalue weighted by molar-refractivity contribution is 8.01. The lowest BCUT2D eigenvalue weighted by molar-refractivity contribution is -0.384. The van der Waals surface area contributed by atoms with E-state index in [1.807, 2.05) is 13.8 Å². The Labute approximate surface area is 247 Å². The van der Waals surface area contributed by atoms with Crippen molar-refractivity contribution in [1.82, 2.24) is 10.2 Å². The predicted octanol–water partition coefficient (Wildman–Crippen LogP) is 5.36. The van der Waals surface area contributed by atoms with Crippen LogP contribution in [0.3, 0.4) is 0 Å². The van der Waals surface area contributed by atoms with Crippen LogP contribution in [-0.4, -0.2) is 32.6 Å². The van der Waals surface area contributed by atoms with E-state index in [1.54, 1.807) is 17.0 Å². The van der Waals surface area contributed by atoms with E-state index in [0.29, 0.717) is 39.3 Å².